The molecule has 2 aliphatic rings. The molecule has 0 aromatic carbocycles. The van der Waals surface area contributed by atoms with E-state index in [9.17, 15) is 18.0 Å². The van der Waals surface area contributed by atoms with Crippen molar-refractivity contribution < 1.29 is 18.0 Å². The van der Waals surface area contributed by atoms with Crippen LogP contribution in [0.5, 0.6) is 0 Å². The predicted molar refractivity (Wildman–Crippen MR) is 122 cm³/mol. The number of hydrogen-bond acceptors (Lipinski definition) is 6. The summed E-state index contributed by atoms with van der Waals surface area (Å²) < 4.78 is 27.4. The molecule has 0 spiro atoms. The largest absolute Gasteiger partial charge is 0.279 e. The van der Waals surface area contributed by atoms with Crippen LogP contribution in [-0.4, -0.2) is 37.6 Å². The van der Waals surface area contributed by atoms with Gasteiger partial charge in [0.2, 0.25) is 5.91 Å². The third kappa shape index (κ3) is 4.87. The molecule has 1 aliphatic carbocycles. The molecule has 2 atom stereocenters. The minimum absolute atomic E-state index is 0.117. The van der Waals surface area contributed by atoms with Gasteiger partial charge in [-0.15, -0.1) is 22.7 Å². The highest BCUT2D eigenvalue weighted by atomic mass is 32.2. The van der Waals surface area contributed by atoms with Crippen molar-refractivity contribution in [1.82, 2.24) is 15.2 Å². The monoisotopic (exact) mass is 481 g/mol. The van der Waals surface area contributed by atoms with Crippen LogP contribution in [-0.2, 0) is 27.7 Å². The number of thiophene rings is 2. The van der Waals surface area contributed by atoms with Crippen molar-refractivity contribution in [2.45, 2.75) is 50.2 Å². The second kappa shape index (κ2) is 9.01. The highest BCUT2D eigenvalue weighted by Crippen LogP contribution is 2.32. The van der Waals surface area contributed by atoms with E-state index < -0.39 is 15.9 Å². The highest BCUT2D eigenvalue weighted by molar-refractivity contribution is 7.91. The van der Waals surface area contributed by atoms with Crippen molar-refractivity contribution in [1.29, 1.82) is 0 Å². The Balaban J connectivity index is 1.35. The summed E-state index contributed by atoms with van der Waals surface area (Å²) in [6.45, 7) is 4.60. The first-order valence-electron chi connectivity index (χ1n) is 10.5. The standard InChI is InChI=1S/C21H27N3O4S3/c1-13-5-7-17-16(10-13)11-18(30-17)21(26)23-22-20(25)15-4-3-9-24(12-15)31(27,28)19-8-6-14(2)29-19/h6,8,11,13,15H,3-5,7,9-10,12H2,1-2H3,(H,22,25)(H,23,26)/t13-,15-/m0/s1. The van der Waals surface area contributed by atoms with Crippen molar-refractivity contribution in [3.8, 4) is 0 Å². The minimum atomic E-state index is -3.60. The number of hydrazine groups is 1. The van der Waals surface area contributed by atoms with Gasteiger partial charge in [-0.1, -0.05) is 6.92 Å². The molecule has 7 nitrogen and oxygen atoms in total. The van der Waals surface area contributed by atoms with Crippen molar-refractivity contribution in [3.05, 3.63) is 38.4 Å². The Hall–Kier alpha value is -1.75. The molecule has 2 amide bonds. The molecule has 0 bridgehead atoms. The van der Waals surface area contributed by atoms with Gasteiger partial charge in [0.1, 0.15) is 4.21 Å². The first kappa shape index (κ1) is 22.4. The maximum absolute atomic E-state index is 12.9. The van der Waals surface area contributed by atoms with Crippen LogP contribution >= 0.6 is 22.7 Å². The number of hydrogen-bond donors (Lipinski definition) is 2. The van der Waals surface area contributed by atoms with E-state index in [4.69, 9.17) is 0 Å². The van der Waals surface area contributed by atoms with Crippen molar-refractivity contribution in [2.24, 2.45) is 11.8 Å². The van der Waals surface area contributed by atoms with Crippen LogP contribution < -0.4 is 10.9 Å². The molecule has 0 saturated carbocycles. The van der Waals surface area contributed by atoms with E-state index >= 15 is 0 Å². The third-order valence-electron chi connectivity index (χ3n) is 5.92. The van der Waals surface area contributed by atoms with E-state index in [-0.39, 0.29) is 18.4 Å². The van der Waals surface area contributed by atoms with Gasteiger partial charge >= 0.3 is 0 Å². The van der Waals surface area contributed by atoms with Gasteiger partial charge in [-0.25, -0.2) is 8.42 Å². The molecule has 0 unspecified atom stereocenters. The molecule has 4 rings (SSSR count). The van der Waals surface area contributed by atoms with Crippen LogP contribution in [0.1, 0.15) is 51.2 Å². The van der Waals surface area contributed by atoms with Crippen LogP contribution in [0, 0.1) is 18.8 Å². The second-order valence-electron chi connectivity index (χ2n) is 8.42. The van der Waals surface area contributed by atoms with Crippen LogP contribution in [0.3, 0.4) is 0 Å². The quantitative estimate of drug-likeness (QED) is 0.656. The molecule has 10 heteroatoms. The number of aryl methyl sites for hydroxylation is 2. The summed E-state index contributed by atoms with van der Waals surface area (Å²) in [5, 5.41) is 0. The average Bonchev–Trinajstić information content (AvgIpc) is 3.38. The van der Waals surface area contributed by atoms with Gasteiger partial charge in [-0.05, 0) is 68.7 Å². The molecular formula is C21H27N3O4S3. The SMILES string of the molecule is Cc1ccc(S(=O)(=O)N2CCC[C@H](C(=O)NNC(=O)c3cc4c(s3)CC[C@H](C)C4)C2)s1. The van der Waals surface area contributed by atoms with Gasteiger partial charge in [0.15, 0.2) is 0 Å². The number of nitrogens with zero attached hydrogens (tertiary/aromatic N) is 1. The first-order chi connectivity index (χ1) is 14.7. The van der Waals surface area contributed by atoms with Gasteiger partial charge in [-0.2, -0.15) is 4.31 Å². The number of carbonyl (C=O) groups excluding carboxylic acids is 2. The zero-order valence-electron chi connectivity index (χ0n) is 17.6. The van der Waals surface area contributed by atoms with Crippen LogP contribution in [0.15, 0.2) is 22.4 Å². The van der Waals surface area contributed by atoms with E-state index in [1.165, 1.54) is 37.4 Å². The van der Waals surface area contributed by atoms with Gasteiger partial charge in [0, 0.05) is 22.8 Å². The number of carbonyl (C=O) groups is 2. The van der Waals surface area contributed by atoms with E-state index in [0.29, 0.717) is 34.4 Å². The normalized spacial score (nSPS) is 22.0. The van der Waals surface area contributed by atoms with Gasteiger partial charge in [-0.3, -0.25) is 20.4 Å². The number of nitrogens with one attached hydrogen (secondary N) is 2. The lowest BCUT2D eigenvalue weighted by Crippen LogP contribution is -2.49. The molecule has 2 aromatic heterocycles. The fourth-order valence-corrected chi connectivity index (χ4v) is 8.22. The van der Waals surface area contributed by atoms with Crippen molar-refractivity contribution in [3.63, 3.8) is 0 Å². The summed E-state index contributed by atoms with van der Waals surface area (Å²) in [6.07, 6.45) is 4.31. The topological polar surface area (TPSA) is 95.6 Å². The fraction of sp³-hybridized carbons (Fsp3) is 0.524. The van der Waals surface area contributed by atoms with E-state index in [1.807, 2.05) is 13.0 Å². The van der Waals surface area contributed by atoms with E-state index in [0.717, 1.165) is 24.1 Å². The summed E-state index contributed by atoms with van der Waals surface area (Å²) in [7, 11) is -3.60. The van der Waals surface area contributed by atoms with Crippen LogP contribution in [0.2, 0.25) is 0 Å². The summed E-state index contributed by atoms with van der Waals surface area (Å²) in [6, 6.07) is 5.32. The maximum atomic E-state index is 12.9. The molecule has 1 fully saturated rings. The lowest BCUT2D eigenvalue weighted by Gasteiger charge is -2.30. The molecule has 168 valence electrons. The number of amides is 2. The number of rotatable bonds is 4. The highest BCUT2D eigenvalue weighted by Gasteiger charge is 2.34. The molecule has 2 aromatic rings. The molecule has 1 aliphatic heterocycles. The molecule has 2 N–H and O–H groups in total. The zero-order chi connectivity index (χ0) is 22.2. The summed E-state index contributed by atoms with van der Waals surface area (Å²) in [5.41, 5.74) is 6.25. The molecule has 31 heavy (non-hydrogen) atoms. The zero-order valence-corrected chi connectivity index (χ0v) is 20.1. The summed E-state index contributed by atoms with van der Waals surface area (Å²) in [4.78, 5) is 27.9. The molecular weight excluding hydrogens is 454 g/mol. The number of piperidine rings is 1. The second-order valence-corrected chi connectivity index (χ2v) is 13.0. The summed E-state index contributed by atoms with van der Waals surface area (Å²) in [5.74, 6) is -0.552. The molecule has 0 radical (unpaired) electrons. The Labute approximate surface area is 190 Å². The predicted octanol–water partition coefficient (Wildman–Crippen LogP) is 3.10. The Kier molecular flexibility index (Phi) is 6.52. The minimum Gasteiger partial charge on any atom is -0.273 e. The van der Waals surface area contributed by atoms with Crippen molar-refractivity contribution in [2.75, 3.05) is 13.1 Å². The van der Waals surface area contributed by atoms with Crippen molar-refractivity contribution >= 4 is 44.5 Å². The lowest BCUT2D eigenvalue weighted by atomic mass is 9.90. The Morgan fingerprint density at radius 3 is 2.71 bits per heavy atom. The fourth-order valence-electron chi connectivity index (χ4n) is 4.15. The average molecular weight is 482 g/mol. The van der Waals surface area contributed by atoms with E-state index in [1.54, 1.807) is 12.1 Å². The molecule has 3 heterocycles. The lowest BCUT2D eigenvalue weighted by molar-refractivity contribution is -0.126. The molecule has 1 saturated heterocycles. The van der Waals surface area contributed by atoms with Gasteiger partial charge in [0.25, 0.3) is 15.9 Å². The smallest absolute Gasteiger partial charge is 0.273 e. The van der Waals surface area contributed by atoms with Crippen LogP contribution in [0.4, 0.5) is 0 Å². The Morgan fingerprint density at radius 1 is 1.16 bits per heavy atom. The van der Waals surface area contributed by atoms with E-state index in [2.05, 4.69) is 17.8 Å². The number of fused-ring (bicyclic) bond motifs is 1. The summed E-state index contributed by atoms with van der Waals surface area (Å²) >= 11 is 2.72. The number of sulfonamides is 1. The van der Waals surface area contributed by atoms with Crippen LogP contribution in [0.25, 0.3) is 0 Å². The Morgan fingerprint density at radius 2 is 1.97 bits per heavy atom. The van der Waals surface area contributed by atoms with Gasteiger partial charge in [0.05, 0.1) is 10.8 Å². The Bertz CT molecular complexity index is 1090. The van der Waals surface area contributed by atoms with Gasteiger partial charge < -0.3 is 0 Å². The maximum Gasteiger partial charge on any atom is 0.279 e. The third-order valence-corrected chi connectivity index (χ3v) is 10.5. The first-order valence-corrected chi connectivity index (χ1v) is 13.6.